The van der Waals surface area contributed by atoms with Crippen molar-refractivity contribution in [1.29, 1.82) is 0 Å². The molecule has 5 nitrogen and oxygen atoms in total. The summed E-state index contributed by atoms with van der Waals surface area (Å²) in [5, 5.41) is 2.84. The highest BCUT2D eigenvalue weighted by Crippen LogP contribution is 2.17. The van der Waals surface area contributed by atoms with E-state index in [0.717, 1.165) is 0 Å². The molecule has 0 aliphatic rings. The molecule has 0 amide bonds. The first-order valence-corrected chi connectivity index (χ1v) is 4.62. The number of aromatic nitrogens is 2. The Hall–Kier alpha value is -1.52. The Labute approximate surface area is 83.5 Å². The highest BCUT2D eigenvalue weighted by atomic mass is 16.5. The van der Waals surface area contributed by atoms with E-state index in [0.29, 0.717) is 30.9 Å². The van der Waals surface area contributed by atoms with E-state index in [9.17, 15) is 0 Å². The normalized spacial score (nSPS) is 9.64. The summed E-state index contributed by atoms with van der Waals surface area (Å²) in [5.41, 5.74) is 0. The lowest BCUT2D eigenvalue weighted by Gasteiger charge is -2.07. The van der Waals surface area contributed by atoms with Crippen LogP contribution < -0.4 is 14.8 Å². The van der Waals surface area contributed by atoms with Gasteiger partial charge in [-0.25, -0.2) is 0 Å². The molecule has 0 unspecified atom stereocenters. The molecular formula is C9H15N3O2. The SMILES string of the molecule is CCOc1cc(OCC)nc(NC)n1. The Bertz CT molecular complexity index is 267. The van der Waals surface area contributed by atoms with E-state index in [-0.39, 0.29) is 0 Å². The number of hydrogen-bond acceptors (Lipinski definition) is 5. The Kier molecular flexibility index (Phi) is 3.97. The second-order valence-corrected chi connectivity index (χ2v) is 2.48. The fraction of sp³-hybridized carbons (Fsp3) is 0.556. The lowest BCUT2D eigenvalue weighted by Crippen LogP contribution is -2.03. The molecular weight excluding hydrogens is 182 g/mol. The van der Waals surface area contributed by atoms with Gasteiger partial charge < -0.3 is 14.8 Å². The average molecular weight is 197 g/mol. The van der Waals surface area contributed by atoms with Crippen LogP contribution in [0, 0.1) is 0 Å². The summed E-state index contributed by atoms with van der Waals surface area (Å²) in [6.45, 7) is 4.96. The standard InChI is InChI=1S/C9H15N3O2/c1-4-13-7-6-8(14-5-2)12-9(10-3)11-7/h6H,4-5H2,1-3H3,(H,10,11,12). The first-order valence-electron chi connectivity index (χ1n) is 4.62. The van der Waals surface area contributed by atoms with Gasteiger partial charge in [0.2, 0.25) is 17.7 Å². The molecule has 0 aromatic carbocycles. The quantitative estimate of drug-likeness (QED) is 0.771. The van der Waals surface area contributed by atoms with Crippen molar-refractivity contribution in [1.82, 2.24) is 9.97 Å². The van der Waals surface area contributed by atoms with Crippen molar-refractivity contribution in [2.75, 3.05) is 25.6 Å². The second-order valence-electron chi connectivity index (χ2n) is 2.48. The number of anilines is 1. The molecule has 5 heteroatoms. The van der Waals surface area contributed by atoms with Gasteiger partial charge in [0.1, 0.15) is 0 Å². The van der Waals surface area contributed by atoms with Crippen LogP contribution in [0.4, 0.5) is 5.95 Å². The largest absolute Gasteiger partial charge is 0.478 e. The smallest absolute Gasteiger partial charge is 0.229 e. The van der Waals surface area contributed by atoms with E-state index in [1.807, 2.05) is 13.8 Å². The summed E-state index contributed by atoms with van der Waals surface area (Å²) in [4.78, 5) is 8.20. The summed E-state index contributed by atoms with van der Waals surface area (Å²) in [6.07, 6.45) is 0. The third-order valence-corrected chi connectivity index (χ3v) is 1.49. The lowest BCUT2D eigenvalue weighted by atomic mass is 10.6. The van der Waals surface area contributed by atoms with Crippen LogP contribution in [0.5, 0.6) is 11.8 Å². The topological polar surface area (TPSA) is 56.3 Å². The van der Waals surface area contributed by atoms with Gasteiger partial charge in [0.15, 0.2) is 0 Å². The molecule has 0 fully saturated rings. The highest BCUT2D eigenvalue weighted by Gasteiger charge is 2.04. The van der Waals surface area contributed by atoms with E-state index in [4.69, 9.17) is 9.47 Å². The van der Waals surface area contributed by atoms with Gasteiger partial charge in [-0.3, -0.25) is 0 Å². The molecule has 78 valence electrons. The van der Waals surface area contributed by atoms with E-state index in [2.05, 4.69) is 15.3 Å². The maximum Gasteiger partial charge on any atom is 0.229 e. The Morgan fingerprint density at radius 3 is 2.00 bits per heavy atom. The molecule has 0 saturated carbocycles. The second kappa shape index (κ2) is 5.26. The Morgan fingerprint density at radius 1 is 1.14 bits per heavy atom. The van der Waals surface area contributed by atoms with Gasteiger partial charge in [0.25, 0.3) is 0 Å². The first-order chi connectivity index (χ1) is 6.80. The fourth-order valence-corrected chi connectivity index (χ4v) is 0.959. The van der Waals surface area contributed by atoms with Crippen molar-refractivity contribution < 1.29 is 9.47 Å². The van der Waals surface area contributed by atoms with Gasteiger partial charge in [0.05, 0.1) is 19.3 Å². The number of nitrogens with one attached hydrogen (secondary N) is 1. The van der Waals surface area contributed by atoms with Crippen molar-refractivity contribution in [3.63, 3.8) is 0 Å². The van der Waals surface area contributed by atoms with Crippen LogP contribution in [0.1, 0.15) is 13.8 Å². The van der Waals surface area contributed by atoms with Crippen molar-refractivity contribution in [3.05, 3.63) is 6.07 Å². The molecule has 1 aromatic rings. The number of hydrogen-bond donors (Lipinski definition) is 1. The van der Waals surface area contributed by atoms with Crippen LogP contribution in [-0.4, -0.2) is 30.2 Å². The number of ether oxygens (including phenoxy) is 2. The molecule has 0 atom stereocenters. The predicted molar refractivity (Wildman–Crippen MR) is 53.9 cm³/mol. The van der Waals surface area contributed by atoms with Gasteiger partial charge in [0, 0.05) is 7.05 Å². The molecule has 0 saturated heterocycles. The van der Waals surface area contributed by atoms with Crippen LogP contribution in [-0.2, 0) is 0 Å². The molecule has 0 radical (unpaired) electrons. The molecule has 0 aliphatic heterocycles. The molecule has 0 spiro atoms. The van der Waals surface area contributed by atoms with Crippen molar-refractivity contribution in [2.45, 2.75) is 13.8 Å². The maximum absolute atomic E-state index is 5.26. The molecule has 1 N–H and O–H groups in total. The van der Waals surface area contributed by atoms with Crippen LogP contribution in [0.25, 0.3) is 0 Å². The van der Waals surface area contributed by atoms with Crippen LogP contribution in [0.15, 0.2) is 6.07 Å². The molecule has 1 heterocycles. The minimum Gasteiger partial charge on any atom is -0.478 e. The zero-order valence-electron chi connectivity index (χ0n) is 8.70. The Balaban J connectivity index is 2.88. The molecule has 1 rings (SSSR count). The first kappa shape index (κ1) is 10.6. The Morgan fingerprint density at radius 2 is 1.64 bits per heavy atom. The molecule has 14 heavy (non-hydrogen) atoms. The summed E-state index contributed by atoms with van der Waals surface area (Å²) in [7, 11) is 1.75. The zero-order valence-corrected chi connectivity index (χ0v) is 8.70. The monoisotopic (exact) mass is 197 g/mol. The number of rotatable bonds is 5. The fourth-order valence-electron chi connectivity index (χ4n) is 0.959. The van der Waals surface area contributed by atoms with Gasteiger partial charge in [-0.1, -0.05) is 0 Å². The van der Waals surface area contributed by atoms with Gasteiger partial charge >= 0.3 is 0 Å². The third-order valence-electron chi connectivity index (χ3n) is 1.49. The van der Waals surface area contributed by atoms with Gasteiger partial charge in [-0.15, -0.1) is 0 Å². The minimum absolute atomic E-state index is 0.499. The van der Waals surface area contributed by atoms with Crippen molar-refractivity contribution >= 4 is 5.95 Å². The lowest BCUT2D eigenvalue weighted by molar-refractivity contribution is 0.306. The minimum atomic E-state index is 0.499. The van der Waals surface area contributed by atoms with Crippen molar-refractivity contribution in [3.8, 4) is 11.8 Å². The van der Waals surface area contributed by atoms with E-state index < -0.39 is 0 Å². The molecule has 1 aromatic heterocycles. The van der Waals surface area contributed by atoms with Crippen LogP contribution >= 0.6 is 0 Å². The molecule has 0 aliphatic carbocycles. The maximum atomic E-state index is 5.26. The number of nitrogens with zero attached hydrogens (tertiary/aromatic N) is 2. The average Bonchev–Trinajstić information content (AvgIpc) is 2.18. The summed E-state index contributed by atoms with van der Waals surface area (Å²) < 4.78 is 10.5. The van der Waals surface area contributed by atoms with E-state index in [1.165, 1.54) is 0 Å². The van der Waals surface area contributed by atoms with Gasteiger partial charge in [-0.2, -0.15) is 9.97 Å². The van der Waals surface area contributed by atoms with Gasteiger partial charge in [-0.05, 0) is 13.8 Å². The summed E-state index contributed by atoms with van der Waals surface area (Å²) in [5.74, 6) is 1.55. The van der Waals surface area contributed by atoms with Crippen LogP contribution in [0.3, 0.4) is 0 Å². The molecule has 0 bridgehead atoms. The van der Waals surface area contributed by atoms with E-state index >= 15 is 0 Å². The van der Waals surface area contributed by atoms with Crippen molar-refractivity contribution in [2.24, 2.45) is 0 Å². The highest BCUT2D eigenvalue weighted by molar-refractivity contribution is 5.32. The predicted octanol–water partition coefficient (Wildman–Crippen LogP) is 1.32. The third kappa shape index (κ3) is 2.76. The van der Waals surface area contributed by atoms with E-state index in [1.54, 1.807) is 13.1 Å². The van der Waals surface area contributed by atoms with Crippen LogP contribution in [0.2, 0.25) is 0 Å². The zero-order chi connectivity index (χ0) is 10.4. The summed E-state index contributed by atoms with van der Waals surface area (Å²) in [6, 6.07) is 1.67. The summed E-state index contributed by atoms with van der Waals surface area (Å²) >= 11 is 0.